The average Bonchev–Trinajstić information content (AvgIpc) is 3.06. The second kappa shape index (κ2) is 5.68. The molecular formula is C13H21N3O2. The maximum absolute atomic E-state index is 10.7. The molecule has 0 radical (unpaired) electrons. The summed E-state index contributed by atoms with van der Waals surface area (Å²) in [6, 6.07) is 2.30. The first-order valence-corrected chi connectivity index (χ1v) is 6.67. The van der Waals surface area contributed by atoms with Gasteiger partial charge in [0.15, 0.2) is 0 Å². The zero-order valence-electron chi connectivity index (χ0n) is 10.8. The third-order valence-electron chi connectivity index (χ3n) is 4.01. The van der Waals surface area contributed by atoms with Gasteiger partial charge in [-0.15, -0.1) is 0 Å². The van der Waals surface area contributed by atoms with Gasteiger partial charge in [-0.25, -0.2) is 0 Å². The number of hydrogen-bond acceptors (Lipinski definition) is 4. The lowest BCUT2D eigenvalue weighted by Gasteiger charge is -2.24. The van der Waals surface area contributed by atoms with Crippen molar-refractivity contribution in [2.75, 3.05) is 39.3 Å². The summed E-state index contributed by atoms with van der Waals surface area (Å²) in [6.07, 6.45) is 4.05. The monoisotopic (exact) mass is 251 g/mol. The number of nitriles is 1. The molecule has 0 bridgehead atoms. The van der Waals surface area contributed by atoms with Crippen LogP contribution in [0.5, 0.6) is 0 Å². The molecule has 2 aliphatic rings. The Bertz CT molecular complexity index is 347. The number of carbonyl (C=O) groups is 1. The van der Waals surface area contributed by atoms with Gasteiger partial charge < -0.3 is 10.0 Å². The Balaban J connectivity index is 1.79. The zero-order chi connectivity index (χ0) is 13.0. The minimum atomic E-state index is -0.744. The van der Waals surface area contributed by atoms with Crippen molar-refractivity contribution in [1.82, 2.24) is 9.80 Å². The topological polar surface area (TPSA) is 67.6 Å². The minimum Gasteiger partial charge on any atom is -0.480 e. The van der Waals surface area contributed by atoms with Crippen LogP contribution < -0.4 is 0 Å². The second-order valence-electron chi connectivity index (χ2n) is 5.63. The first-order valence-electron chi connectivity index (χ1n) is 6.67. The molecule has 1 aliphatic carbocycles. The summed E-state index contributed by atoms with van der Waals surface area (Å²) < 4.78 is 0. The van der Waals surface area contributed by atoms with E-state index in [1.54, 1.807) is 0 Å². The number of aliphatic carboxylic acids is 1. The molecule has 0 aromatic rings. The van der Waals surface area contributed by atoms with Gasteiger partial charge in [0.25, 0.3) is 0 Å². The van der Waals surface area contributed by atoms with Gasteiger partial charge in [0.05, 0.1) is 12.6 Å². The van der Waals surface area contributed by atoms with Crippen molar-refractivity contribution in [3.63, 3.8) is 0 Å². The maximum Gasteiger partial charge on any atom is 0.317 e. The lowest BCUT2D eigenvalue weighted by molar-refractivity contribution is -0.138. The fraction of sp³-hybridized carbons (Fsp3) is 0.846. The van der Waals surface area contributed by atoms with Crippen molar-refractivity contribution in [3.8, 4) is 6.07 Å². The average molecular weight is 251 g/mol. The van der Waals surface area contributed by atoms with E-state index in [1.807, 2.05) is 4.90 Å². The van der Waals surface area contributed by atoms with Gasteiger partial charge in [-0.05, 0) is 31.2 Å². The predicted octanol–water partition coefficient (Wildman–Crippen LogP) is 0.773. The fourth-order valence-electron chi connectivity index (χ4n) is 2.74. The third-order valence-corrected chi connectivity index (χ3v) is 4.01. The number of nitrogens with zero attached hydrogens (tertiary/aromatic N) is 3. The summed E-state index contributed by atoms with van der Waals surface area (Å²) in [5, 5.41) is 17.6. The SMILES string of the molecule is N#CCC1(CN2CCCN(CC(=O)O)CC2)CC1. The van der Waals surface area contributed by atoms with E-state index in [-0.39, 0.29) is 12.0 Å². The van der Waals surface area contributed by atoms with Crippen molar-refractivity contribution in [1.29, 1.82) is 5.26 Å². The van der Waals surface area contributed by atoms with Crippen LogP contribution in [0.15, 0.2) is 0 Å². The first-order chi connectivity index (χ1) is 8.63. The number of rotatable bonds is 5. The molecule has 0 unspecified atom stereocenters. The van der Waals surface area contributed by atoms with Crippen molar-refractivity contribution in [2.24, 2.45) is 5.41 Å². The van der Waals surface area contributed by atoms with E-state index in [4.69, 9.17) is 10.4 Å². The van der Waals surface area contributed by atoms with E-state index in [9.17, 15) is 4.79 Å². The molecule has 1 N–H and O–H groups in total. The third kappa shape index (κ3) is 3.69. The van der Waals surface area contributed by atoms with Crippen LogP contribution in [0, 0.1) is 16.7 Å². The maximum atomic E-state index is 10.7. The Morgan fingerprint density at radius 2 is 1.89 bits per heavy atom. The van der Waals surface area contributed by atoms with Gasteiger partial charge in [0.2, 0.25) is 0 Å². The summed E-state index contributed by atoms with van der Waals surface area (Å²) >= 11 is 0. The van der Waals surface area contributed by atoms with E-state index in [2.05, 4.69) is 11.0 Å². The summed E-state index contributed by atoms with van der Waals surface area (Å²) in [6.45, 7) is 4.82. The zero-order valence-corrected chi connectivity index (χ0v) is 10.8. The van der Waals surface area contributed by atoms with Gasteiger partial charge in [-0.2, -0.15) is 5.26 Å². The molecule has 100 valence electrons. The van der Waals surface area contributed by atoms with Crippen LogP contribution in [-0.4, -0.2) is 60.1 Å². The Morgan fingerprint density at radius 3 is 2.50 bits per heavy atom. The van der Waals surface area contributed by atoms with Crippen molar-refractivity contribution < 1.29 is 9.90 Å². The van der Waals surface area contributed by atoms with Crippen LogP contribution in [0.4, 0.5) is 0 Å². The molecule has 0 amide bonds. The van der Waals surface area contributed by atoms with Crippen molar-refractivity contribution >= 4 is 5.97 Å². The van der Waals surface area contributed by atoms with E-state index < -0.39 is 5.97 Å². The van der Waals surface area contributed by atoms with E-state index in [0.717, 1.165) is 39.1 Å². The smallest absolute Gasteiger partial charge is 0.317 e. The normalized spacial score (nSPS) is 24.2. The lowest BCUT2D eigenvalue weighted by atomic mass is 10.0. The molecule has 18 heavy (non-hydrogen) atoms. The molecule has 0 spiro atoms. The standard InChI is InChI=1S/C13H21N3O2/c14-5-4-13(2-3-13)11-16-7-1-6-15(8-9-16)10-12(17)18/h1-4,6-11H2,(H,17,18). The number of hydrogen-bond donors (Lipinski definition) is 1. The molecular weight excluding hydrogens is 230 g/mol. The first kappa shape index (κ1) is 13.3. The second-order valence-corrected chi connectivity index (χ2v) is 5.63. The van der Waals surface area contributed by atoms with Crippen molar-refractivity contribution in [2.45, 2.75) is 25.7 Å². The van der Waals surface area contributed by atoms with Gasteiger partial charge in [0, 0.05) is 32.6 Å². The Morgan fingerprint density at radius 1 is 1.22 bits per heavy atom. The molecule has 0 aromatic heterocycles. The van der Waals surface area contributed by atoms with Crippen LogP contribution in [0.2, 0.25) is 0 Å². The quantitative estimate of drug-likeness (QED) is 0.782. The summed E-state index contributed by atoms with van der Waals surface area (Å²) in [5.41, 5.74) is 0.261. The number of carboxylic acids is 1. The molecule has 2 rings (SSSR count). The fourth-order valence-corrected chi connectivity index (χ4v) is 2.74. The molecule has 5 nitrogen and oxygen atoms in total. The molecule has 0 aromatic carbocycles. The largest absolute Gasteiger partial charge is 0.480 e. The Kier molecular flexibility index (Phi) is 4.20. The summed E-state index contributed by atoms with van der Waals surface area (Å²) in [5.74, 6) is -0.744. The van der Waals surface area contributed by atoms with Crippen molar-refractivity contribution in [3.05, 3.63) is 0 Å². The molecule has 0 atom stereocenters. The predicted molar refractivity (Wildman–Crippen MR) is 67.0 cm³/mol. The lowest BCUT2D eigenvalue weighted by Crippen LogP contribution is -2.36. The van der Waals surface area contributed by atoms with E-state index >= 15 is 0 Å². The Hall–Kier alpha value is -1.12. The molecule has 1 aliphatic heterocycles. The molecule has 1 heterocycles. The van der Waals surface area contributed by atoms with Crippen LogP contribution in [0.3, 0.4) is 0 Å². The van der Waals surface area contributed by atoms with Gasteiger partial charge in [-0.1, -0.05) is 0 Å². The molecule has 1 saturated carbocycles. The van der Waals surface area contributed by atoms with E-state index in [0.29, 0.717) is 6.42 Å². The molecule has 1 saturated heterocycles. The van der Waals surface area contributed by atoms with Crippen LogP contribution in [-0.2, 0) is 4.79 Å². The van der Waals surface area contributed by atoms with Gasteiger partial charge >= 0.3 is 5.97 Å². The highest BCUT2D eigenvalue weighted by atomic mass is 16.4. The molecule has 2 fully saturated rings. The molecule has 5 heteroatoms. The van der Waals surface area contributed by atoms with Gasteiger partial charge in [-0.3, -0.25) is 9.69 Å². The highest BCUT2D eigenvalue weighted by Crippen LogP contribution is 2.49. The Labute approximate surface area is 108 Å². The highest BCUT2D eigenvalue weighted by Gasteiger charge is 2.43. The summed E-state index contributed by atoms with van der Waals surface area (Å²) in [4.78, 5) is 15.1. The number of carboxylic acid groups (broad SMARTS) is 1. The van der Waals surface area contributed by atoms with E-state index in [1.165, 1.54) is 12.8 Å². The van der Waals surface area contributed by atoms with Gasteiger partial charge in [0.1, 0.15) is 0 Å². The van der Waals surface area contributed by atoms with Crippen LogP contribution >= 0.6 is 0 Å². The van der Waals surface area contributed by atoms with Crippen LogP contribution in [0.1, 0.15) is 25.7 Å². The van der Waals surface area contributed by atoms with Crippen LogP contribution in [0.25, 0.3) is 0 Å². The highest BCUT2D eigenvalue weighted by molar-refractivity contribution is 5.69. The minimum absolute atomic E-state index is 0.150. The summed E-state index contributed by atoms with van der Waals surface area (Å²) in [7, 11) is 0.